The van der Waals surface area contributed by atoms with Gasteiger partial charge in [-0.3, -0.25) is 9.59 Å². The van der Waals surface area contributed by atoms with Gasteiger partial charge in [-0.1, -0.05) is 48.8 Å². The van der Waals surface area contributed by atoms with E-state index < -0.39 is 5.91 Å². The lowest BCUT2D eigenvalue weighted by atomic mass is 9.71. The number of aromatic nitrogens is 1. The first kappa shape index (κ1) is 24.9. The number of thiophene rings is 2. The molecule has 1 aromatic carbocycles. The zero-order valence-electron chi connectivity index (χ0n) is 20.3. The van der Waals surface area contributed by atoms with E-state index in [0.29, 0.717) is 27.0 Å². The SMILES string of the molecule is CC(C)(C)C1CCc2nc3sc(C(=O)Nc4scc(-c5ccc(Br)cc5)c4C(N)=O)c(N)c3cc2C1. The second kappa shape index (κ2) is 9.28. The Bertz CT molecular complexity index is 1500. The van der Waals surface area contributed by atoms with Crippen molar-refractivity contribution < 1.29 is 9.59 Å². The van der Waals surface area contributed by atoms with Gasteiger partial charge in [-0.05, 0) is 59.9 Å². The Morgan fingerprint density at radius 2 is 1.92 bits per heavy atom. The van der Waals surface area contributed by atoms with Gasteiger partial charge in [-0.25, -0.2) is 4.98 Å². The predicted octanol–water partition coefficient (Wildman–Crippen LogP) is 6.87. The van der Waals surface area contributed by atoms with Crippen LogP contribution in [0.5, 0.6) is 0 Å². The topological polar surface area (TPSA) is 111 Å². The summed E-state index contributed by atoms with van der Waals surface area (Å²) in [7, 11) is 0. The van der Waals surface area contributed by atoms with Crippen LogP contribution in [0.1, 0.15) is 58.5 Å². The van der Waals surface area contributed by atoms with Crippen molar-refractivity contribution in [3.05, 3.63) is 61.9 Å². The third-order valence-electron chi connectivity index (χ3n) is 6.94. The van der Waals surface area contributed by atoms with Gasteiger partial charge in [0.25, 0.3) is 11.8 Å². The van der Waals surface area contributed by atoms with E-state index in [2.05, 4.69) is 48.1 Å². The minimum Gasteiger partial charge on any atom is -0.397 e. The predicted molar refractivity (Wildman–Crippen MR) is 153 cm³/mol. The molecule has 9 heteroatoms. The summed E-state index contributed by atoms with van der Waals surface area (Å²) >= 11 is 5.97. The molecular weight excluding hydrogens is 556 g/mol. The number of carbonyl (C=O) groups excluding carboxylic acids is 2. The van der Waals surface area contributed by atoms with E-state index in [4.69, 9.17) is 16.5 Å². The van der Waals surface area contributed by atoms with Crippen LogP contribution in [0.4, 0.5) is 10.7 Å². The molecule has 1 aliphatic carbocycles. The molecule has 3 aromatic heterocycles. The molecule has 0 spiro atoms. The van der Waals surface area contributed by atoms with Crippen LogP contribution in [0.15, 0.2) is 40.2 Å². The first-order valence-corrected chi connectivity index (χ1v) is 14.2. The van der Waals surface area contributed by atoms with Crippen LogP contribution >= 0.6 is 38.6 Å². The molecule has 36 heavy (non-hydrogen) atoms. The summed E-state index contributed by atoms with van der Waals surface area (Å²) in [6.07, 6.45) is 3.01. The van der Waals surface area contributed by atoms with Gasteiger partial charge in [0.2, 0.25) is 0 Å². The summed E-state index contributed by atoms with van der Waals surface area (Å²) < 4.78 is 0.931. The fraction of sp³-hybridized carbons (Fsp3) is 0.296. The zero-order chi connectivity index (χ0) is 25.8. The molecule has 1 atom stereocenters. The van der Waals surface area contributed by atoms with Crippen molar-refractivity contribution in [3.63, 3.8) is 0 Å². The summed E-state index contributed by atoms with van der Waals surface area (Å²) in [6.45, 7) is 6.84. The monoisotopic (exact) mass is 582 g/mol. The van der Waals surface area contributed by atoms with E-state index in [1.165, 1.54) is 28.2 Å². The summed E-state index contributed by atoms with van der Waals surface area (Å²) in [5, 5.41) is 5.93. The van der Waals surface area contributed by atoms with Crippen LogP contribution in [0.3, 0.4) is 0 Å². The molecule has 0 saturated carbocycles. The zero-order valence-corrected chi connectivity index (χ0v) is 23.5. The van der Waals surface area contributed by atoms with Crippen LogP contribution in [0.25, 0.3) is 21.3 Å². The highest BCUT2D eigenvalue weighted by Gasteiger charge is 2.30. The summed E-state index contributed by atoms with van der Waals surface area (Å²) in [5.74, 6) is -0.387. The number of nitrogens with one attached hydrogen (secondary N) is 1. The molecule has 5 N–H and O–H groups in total. The van der Waals surface area contributed by atoms with Crippen molar-refractivity contribution in [3.8, 4) is 11.1 Å². The molecule has 0 radical (unpaired) electrons. The van der Waals surface area contributed by atoms with Gasteiger partial charge in [-0.2, -0.15) is 0 Å². The Hall–Kier alpha value is -2.75. The van der Waals surface area contributed by atoms with Gasteiger partial charge < -0.3 is 16.8 Å². The van der Waals surface area contributed by atoms with E-state index in [1.807, 2.05) is 29.6 Å². The van der Waals surface area contributed by atoms with Crippen LogP contribution in [-0.2, 0) is 12.8 Å². The molecule has 0 saturated heterocycles. The number of amides is 2. The van der Waals surface area contributed by atoms with Crippen molar-refractivity contribution in [2.45, 2.75) is 40.0 Å². The molecule has 0 fully saturated rings. The van der Waals surface area contributed by atoms with E-state index in [-0.39, 0.29) is 16.9 Å². The highest BCUT2D eigenvalue weighted by Crippen LogP contribution is 2.41. The normalized spacial score (nSPS) is 15.6. The number of halogens is 1. The first-order valence-electron chi connectivity index (χ1n) is 11.7. The van der Waals surface area contributed by atoms with Crippen molar-refractivity contribution in [2.75, 3.05) is 11.1 Å². The summed E-state index contributed by atoms with van der Waals surface area (Å²) in [4.78, 5) is 31.7. The van der Waals surface area contributed by atoms with Gasteiger partial charge >= 0.3 is 0 Å². The second-order valence-corrected chi connectivity index (χ2v) is 13.1. The minimum atomic E-state index is -0.600. The lowest BCUT2D eigenvalue weighted by molar-refractivity contribution is 0.100. The van der Waals surface area contributed by atoms with E-state index in [0.717, 1.165) is 45.2 Å². The number of hydrogen-bond acceptors (Lipinski definition) is 6. The minimum absolute atomic E-state index is 0.228. The number of rotatable bonds is 4. The number of anilines is 2. The molecule has 3 heterocycles. The third kappa shape index (κ3) is 4.55. The number of hydrogen-bond donors (Lipinski definition) is 3. The first-order chi connectivity index (χ1) is 17.0. The van der Waals surface area contributed by atoms with Crippen LogP contribution in [-0.4, -0.2) is 16.8 Å². The van der Waals surface area contributed by atoms with Crippen molar-refractivity contribution in [2.24, 2.45) is 17.1 Å². The Balaban J connectivity index is 1.47. The Morgan fingerprint density at radius 3 is 2.58 bits per heavy atom. The standard InChI is InChI=1S/C27H27BrN4O2S2/c1-27(2,3)15-6-9-19-14(10-15)11-17-21(29)22(36-25(17)31-19)24(34)32-26-20(23(30)33)18(12-35-26)13-4-7-16(28)8-5-13/h4-5,7-8,11-12,15H,6,9-10,29H2,1-3H3,(H2,30,33)(H,32,34). The largest absolute Gasteiger partial charge is 0.397 e. The third-order valence-corrected chi connectivity index (χ3v) is 9.47. The van der Waals surface area contributed by atoms with E-state index in [1.54, 1.807) is 0 Å². The van der Waals surface area contributed by atoms with Gasteiger partial charge in [0.05, 0.1) is 11.3 Å². The number of nitrogens with zero attached hydrogens (tertiary/aromatic N) is 1. The van der Waals surface area contributed by atoms with E-state index >= 15 is 0 Å². The Kier molecular flexibility index (Phi) is 6.43. The quantitative estimate of drug-likeness (QED) is 0.243. The van der Waals surface area contributed by atoms with Gasteiger partial charge in [0, 0.05) is 26.5 Å². The summed E-state index contributed by atoms with van der Waals surface area (Å²) in [5.41, 5.74) is 17.0. The van der Waals surface area contributed by atoms with Crippen molar-refractivity contribution >= 4 is 71.3 Å². The molecule has 0 aliphatic heterocycles. The average Bonchev–Trinajstić information content (AvgIpc) is 3.38. The molecule has 0 bridgehead atoms. The highest BCUT2D eigenvalue weighted by atomic mass is 79.9. The number of primary amides is 1. The Labute approximate surface area is 226 Å². The lowest BCUT2D eigenvalue weighted by Crippen LogP contribution is -2.27. The van der Waals surface area contributed by atoms with Gasteiger partial charge in [0.1, 0.15) is 14.7 Å². The summed E-state index contributed by atoms with van der Waals surface area (Å²) in [6, 6.07) is 9.69. The molecule has 186 valence electrons. The molecular formula is C27H27BrN4O2S2. The molecule has 2 amide bonds. The smallest absolute Gasteiger partial charge is 0.268 e. The molecule has 4 aromatic rings. The van der Waals surface area contributed by atoms with Gasteiger partial charge in [0.15, 0.2) is 0 Å². The van der Waals surface area contributed by atoms with Crippen molar-refractivity contribution in [1.82, 2.24) is 4.98 Å². The number of benzene rings is 1. The fourth-order valence-electron chi connectivity index (χ4n) is 4.79. The number of carbonyl (C=O) groups is 2. The van der Waals surface area contributed by atoms with E-state index in [9.17, 15) is 9.59 Å². The number of aryl methyl sites for hydroxylation is 1. The maximum atomic E-state index is 13.3. The highest BCUT2D eigenvalue weighted by molar-refractivity contribution is 9.10. The fourth-order valence-corrected chi connectivity index (χ4v) is 7.02. The molecule has 6 nitrogen and oxygen atoms in total. The van der Waals surface area contributed by atoms with Crippen molar-refractivity contribution in [1.29, 1.82) is 0 Å². The maximum Gasteiger partial charge on any atom is 0.268 e. The Morgan fingerprint density at radius 1 is 1.19 bits per heavy atom. The average molecular weight is 584 g/mol. The number of nitrogen functional groups attached to an aromatic ring is 1. The number of pyridine rings is 1. The molecule has 1 aliphatic rings. The molecule has 5 rings (SSSR count). The van der Waals surface area contributed by atoms with Crippen LogP contribution in [0, 0.1) is 11.3 Å². The van der Waals surface area contributed by atoms with Crippen LogP contribution in [0.2, 0.25) is 0 Å². The van der Waals surface area contributed by atoms with Crippen LogP contribution < -0.4 is 16.8 Å². The number of nitrogens with two attached hydrogens (primary N) is 2. The molecule has 1 unspecified atom stereocenters. The second-order valence-electron chi connectivity index (χ2n) is 10.3. The lowest BCUT2D eigenvalue weighted by Gasteiger charge is -2.34. The number of fused-ring (bicyclic) bond motifs is 2. The maximum absolute atomic E-state index is 13.3. The van der Waals surface area contributed by atoms with Gasteiger partial charge in [-0.15, -0.1) is 22.7 Å².